The summed E-state index contributed by atoms with van der Waals surface area (Å²) in [4.78, 5) is 15.9. The van der Waals surface area contributed by atoms with Crippen LogP contribution in [0, 0.1) is 0 Å². The number of hydrogen-bond donors (Lipinski definition) is 2. The Labute approximate surface area is 99.8 Å². The Bertz CT molecular complexity index is 453. The third-order valence-corrected chi connectivity index (χ3v) is 1.93. The molecule has 0 aliphatic rings. The maximum absolute atomic E-state index is 11.9. The van der Waals surface area contributed by atoms with Crippen LogP contribution in [0.1, 0.15) is 17.4 Å². The van der Waals surface area contributed by atoms with E-state index in [1.165, 1.54) is 24.5 Å². The molecule has 0 aliphatic heterocycles. The minimum absolute atomic E-state index is 0.0614. The minimum atomic E-state index is -0.382. The van der Waals surface area contributed by atoms with Crippen LogP contribution in [0.25, 0.3) is 0 Å². The second kappa shape index (κ2) is 6.32. The van der Waals surface area contributed by atoms with Crippen LogP contribution in [0.5, 0.6) is 5.75 Å². The number of nitrogens with zero attached hydrogens (tertiary/aromatic N) is 1. The van der Waals surface area contributed by atoms with E-state index in [-0.39, 0.29) is 17.2 Å². The van der Waals surface area contributed by atoms with Crippen LogP contribution in [0.15, 0.2) is 42.4 Å². The highest BCUT2D eigenvalue weighted by molar-refractivity contribution is 6.08. The summed E-state index contributed by atoms with van der Waals surface area (Å²) in [6.07, 6.45) is 5.72. The first-order valence-corrected chi connectivity index (χ1v) is 5.17. The summed E-state index contributed by atoms with van der Waals surface area (Å²) < 4.78 is 5.30. The molecule has 1 rings (SSSR count). The van der Waals surface area contributed by atoms with Gasteiger partial charge in [-0.2, -0.15) is 0 Å². The topological polar surface area (TPSA) is 91.2 Å². The maximum Gasteiger partial charge on any atom is 0.230 e. The van der Waals surface area contributed by atoms with Crippen molar-refractivity contribution in [3.8, 4) is 5.75 Å². The number of ether oxygens (including phenoxy) is 1. The highest BCUT2D eigenvalue weighted by atomic mass is 16.5. The van der Waals surface area contributed by atoms with Gasteiger partial charge in [0, 0.05) is 6.20 Å². The van der Waals surface area contributed by atoms with Crippen molar-refractivity contribution in [2.24, 2.45) is 11.5 Å². The molecule has 5 nitrogen and oxygen atoms in total. The van der Waals surface area contributed by atoms with Gasteiger partial charge < -0.3 is 16.2 Å². The van der Waals surface area contributed by atoms with Crippen LogP contribution in [0.2, 0.25) is 0 Å². The number of hydrogen-bond acceptors (Lipinski definition) is 5. The second-order valence-corrected chi connectivity index (χ2v) is 3.12. The number of rotatable bonds is 5. The van der Waals surface area contributed by atoms with Crippen LogP contribution in [0.4, 0.5) is 0 Å². The minimum Gasteiger partial charge on any atom is -0.491 e. The summed E-state index contributed by atoms with van der Waals surface area (Å²) in [6.45, 7) is 2.29. The molecule has 0 atom stereocenters. The molecule has 1 aromatic rings. The van der Waals surface area contributed by atoms with Crippen LogP contribution < -0.4 is 16.2 Å². The molecule has 0 unspecified atom stereocenters. The molecule has 1 aromatic heterocycles. The van der Waals surface area contributed by atoms with Crippen molar-refractivity contribution in [3.05, 3.63) is 48.1 Å². The van der Waals surface area contributed by atoms with Gasteiger partial charge in [-0.3, -0.25) is 4.79 Å². The van der Waals surface area contributed by atoms with Crippen LogP contribution in [-0.2, 0) is 0 Å². The van der Waals surface area contributed by atoms with Gasteiger partial charge in [-0.25, -0.2) is 4.98 Å². The monoisotopic (exact) mass is 233 g/mol. The maximum atomic E-state index is 11.9. The number of aromatic nitrogens is 1. The zero-order valence-electron chi connectivity index (χ0n) is 9.59. The van der Waals surface area contributed by atoms with Gasteiger partial charge in [0.2, 0.25) is 5.78 Å². The van der Waals surface area contributed by atoms with Gasteiger partial charge in [0.25, 0.3) is 0 Å². The van der Waals surface area contributed by atoms with Gasteiger partial charge in [-0.15, -0.1) is 0 Å². The third-order valence-electron chi connectivity index (χ3n) is 1.93. The molecule has 0 saturated heterocycles. The molecule has 0 saturated carbocycles. The van der Waals surface area contributed by atoms with E-state index in [2.05, 4.69) is 4.98 Å². The number of allylic oxidation sites excluding steroid dienone is 3. The molecule has 0 radical (unpaired) electrons. The Morgan fingerprint density at radius 3 is 3.00 bits per heavy atom. The van der Waals surface area contributed by atoms with Gasteiger partial charge in [-0.1, -0.05) is 0 Å². The lowest BCUT2D eigenvalue weighted by molar-refractivity contribution is 0.102. The largest absolute Gasteiger partial charge is 0.491 e. The van der Waals surface area contributed by atoms with E-state index in [4.69, 9.17) is 16.2 Å². The van der Waals surface area contributed by atoms with Crippen LogP contribution >= 0.6 is 0 Å². The Morgan fingerprint density at radius 1 is 1.59 bits per heavy atom. The van der Waals surface area contributed by atoms with E-state index >= 15 is 0 Å². The zero-order valence-corrected chi connectivity index (χ0v) is 9.59. The normalized spacial score (nSPS) is 11.7. The molecule has 0 aliphatic carbocycles. The Kier molecular flexibility index (Phi) is 4.75. The summed E-state index contributed by atoms with van der Waals surface area (Å²) in [7, 11) is 0. The molecule has 0 bridgehead atoms. The molecule has 0 fully saturated rings. The standard InChI is InChI=1S/C12H15N3O2/c1-2-17-10-6-4-8-15-11(10)12(16)9(14)5-3-7-13/h3-8H,2,13-14H2,1H3/b7-3-,9-5-. The van der Waals surface area contributed by atoms with Gasteiger partial charge >= 0.3 is 0 Å². The number of Topliss-reactive ketones (excluding diaryl/α,β-unsaturated/α-hetero) is 1. The van der Waals surface area contributed by atoms with E-state index in [0.717, 1.165) is 0 Å². The first-order chi connectivity index (χ1) is 8.20. The number of carbonyl (C=O) groups excluding carboxylic acids is 1. The van der Waals surface area contributed by atoms with Gasteiger partial charge in [0.05, 0.1) is 12.3 Å². The quantitative estimate of drug-likeness (QED) is 0.449. The first-order valence-electron chi connectivity index (χ1n) is 5.17. The van der Waals surface area contributed by atoms with Crippen molar-refractivity contribution in [2.75, 3.05) is 6.61 Å². The smallest absolute Gasteiger partial charge is 0.230 e. The molecular weight excluding hydrogens is 218 g/mol. The van der Waals surface area contributed by atoms with Gasteiger partial charge in [0.1, 0.15) is 5.75 Å². The summed E-state index contributed by atoms with van der Waals surface area (Å²) in [5.41, 5.74) is 11.0. The lowest BCUT2D eigenvalue weighted by Crippen LogP contribution is -2.14. The van der Waals surface area contributed by atoms with E-state index < -0.39 is 0 Å². The van der Waals surface area contributed by atoms with Crippen molar-refractivity contribution >= 4 is 5.78 Å². The molecule has 0 amide bonds. The Hall–Kier alpha value is -2.30. The van der Waals surface area contributed by atoms with Gasteiger partial charge in [-0.05, 0) is 37.4 Å². The van der Waals surface area contributed by atoms with E-state index in [9.17, 15) is 4.79 Å². The third kappa shape index (κ3) is 3.34. The second-order valence-electron chi connectivity index (χ2n) is 3.12. The lowest BCUT2D eigenvalue weighted by atomic mass is 10.2. The molecule has 4 N–H and O–H groups in total. The van der Waals surface area contributed by atoms with Crippen molar-refractivity contribution < 1.29 is 9.53 Å². The Morgan fingerprint density at radius 2 is 2.35 bits per heavy atom. The van der Waals surface area contributed by atoms with E-state index in [1.54, 1.807) is 12.1 Å². The Balaban J connectivity index is 3.03. The van der Waals surface area contributed by atoms with Crippen LogP contribution in [-0.4, -0.2) is 17.4 Å². The number of carbonyl (C=O) groups is 1. The van der Waals surface area contributed by atoms with Gasteiger partial charge in [0.15, 0.2) is 5.69 Å². The predicted molar refractivity (Wildman–Crippen MR) is 65.3 cm³/mol. The summed E-state index contributed by atoms with van der Waals surface area (Å²) in [5, 5.41) is 0. The highest BCUT2D eigenvalue weighted by Crippen LogP contribution is 2.17. The predicted octanol–water partition coefficient (Wildman–Crippen LogP) is 0.978. The summed E-state index contributed by atoms with van der Waals surface area (Å²) in [5.74, 6) is 0.0419. The summed E-state index contributed by atoms with van der Waals surface area (Å²) in [6, 6.07) is 3.37. The lowest BCUT2D eigenvalue weighted by Gasteiger charge is -2.07. The zero-order chi connectivity index (χ0) is 12.7. The average Bonchev–Trinajstić information content (AvgIpc) is 2.36. The van der Waals surface area contributed by atoms with Crippen molar-refractivity contribution in [1.29, 1.82) is 0 Å². The number of nitrogens with two attached hydrogens (primary N) is 2. The van der Waals surface area contributed by atoms with E-state index in [0.29, 0.717) is 12.4 Å². The highest BCUT2D eigenvalue weighted by Gasteiger charge is 2.15. The molecule has 5 heteroatoms. The fourth-order valence-electron chi connectivity index (χ4n) is 1.20. The molecule has 0 aromatic carbocycles. The number of pyridine rings is 1. The van der Waals surface area contributed by atoms with E-state index in [1.807, 2.05) is 6.92 Å². The molecule has 0 spiro atoms. The first kappa shape index (κ1) is 12.8. The average molecular weight is 233 g/mol. The molecule has 1 heterocycles. The van der Waals surface area contributed by atoms with Crippen molar-refractivity contribution in [3.63, 3.8) is 0 Å². The fraction of sp³-hybridized carbons (Fsp3) is 0.167. The molecule has 90 valence electrons. The SMILES string of the molecule is CCOc1cccnc1C(=O)/C(N)=C/C=C\N. The molecule has 17 heavy (non-hydrogen) atoms. The van der Waals surface area contributed by atoms with Crippen molar-refractivity contribution in [1.82, 2.24) is 4.98 Å². The fourth-order valence-corrected chi connectivity index (χ4v) is 1.20. The van der Waals surface area contributed by atoms with Crippen molar-refractivity contribution in [2.45, 2.75) is 6.92 Å². The number of ketones is 1. The van der Waals surface area contributed by atoms with Crippen LogP contribution in [0.3, 0.4) is 0 Å². The molecular formula is C12H15N3O2. The summed E-state index contributed by atoms with van der Waals surface area (Å²) >= 11 is 0.